The smallest absolute Gasteiger partial charge is 0.263 e. The minimum absolute atomic E-state index is 0.0287. The lowest BCUT2D eigenvalue weighted by Crippen LogP contribution is -2.30. The van der Waals surface area contributed by atoms with E-state index in [4.69, 9.17) is 0 Å². The van der Waals surface area contributed by atoms with Crippen LogP contribution in [0, 0.1) is 6.92 Å². The average molecular weight is 403 g/mol. The number of aryl methyl sites for hydroxylation is 2. The number of aromatic nitrogens is 4. The van der Waals surface area contributed by atoms with E-state index in [0.717, 1.165) is 11.1 Å². The highest BCUT2D eigenvalue weighted by Gasteiger charge is 2.17. The molecule has 2 aromatic heterocycles. The number of fused-ring (bicyclic) bond motifs is 3. The van der Waals surface area contributed by atoms with E-state index in [-0.39, 0.29) is 17.5 Å². The molecule has 0 aliphatic rings. The van der Waals surface area contributed by atoms with Gasteiger partial charge in [0.05, 0.1) is 17.4 Å². The summed E-state index contributed by atoms with van der Waals surface area (Å²) in [6, 6.07) is 15.6. The second kappa shape index (κ2) is 8.10. The van der Waals surface area contributed by atoms with Crippen molar-refractivity contribution in [2.75, 3.05) is 0 Å². The van der Waals surface area contributed by atoms with Gasteiger partial charge in [-0.2, -0.15) is 0 Å². The lowest BCUT2D eigenvalue weighted by molar-refractivity contribution is -0.121. The molecule has 0 saturated carbocycles. The summed E-state index contributed by atoms with van der Waals surface area (Å²) in [4.78, 5) is 25.3. The third kappa shape index (κ3) is 3.83. The van der Waals surface area contributed by atoms with E-state index in [9.17, 15) is 9.59 Å². The van der Waals surface area contributed by atoms with Gasteiger partial charge in [-0.1, -0.05) is 42.0 Å². The summed E-state index contributed by atoms with van der Waals surface area (Å²) in [5.74, 6) is 1.12. The van der Waals surface area contributed by atoms with Crippen LogP contribution in [0.4, 0.5) is 0 Å². The third-order valence-corrected chi connectivity index (χ3v) is 5.06. The van der Waals surface area contributed by atoms with Crippen molar-refractivity contribution in [2.45, 2.75) is 46.2 Å². The maximum atomic E-state index is 13.2. The average Bonchev–Trinajstić information content (AvgIpc) is 3.14. The quantitative estimate of drug-likeness (QED) is 0.537. The van der Waals surface area contributed by atoms with Gasteiger partial charge in [0.1, 0.15) is 5.82 Å². The molecule has 0 spiro atoms. The van der Waals surface area contributed by atoms with Crippen molar-refractivity contribution in [3.63, 3.8) is 0 Å². The van der Waals surface area contributed by atoms with Crippen LogP contribution in [-0.4, -0.2) is 31.1 Å². The van der Waals surface area contributed by atoms with Gasteiger partial charge in [-0.15, -0.1) is 10.2 Å². The number of carbonyl (C=O) groups excluding carboxylic acids is 1. The van der Waals surface area contributed by atoms with E-state index in [1.54, 1.807) is 4.57 Å². The van der Waals surface area contributed by atoms with E-state index in [1.807, 2.05) is 73.7 Å². The molecule has 0 radical (unpaired) electrons. The number of amides is 1. The zero-order valence-corrected chi connectivity index (χ0v) is 17.4. The molecular weight excluding hydrogens is 378 g/mol. The zero-order chi connectivity index (χ0) is 21.3. The molecule has 0 unspecified atom stereocenters. The lowest BCUT2D eigenvalue weighted by atomic mass is 10.1. The molecule has 0 atom stereocenters. The predicted molar refractivity (Wildman–Crippen MR) is 117 cm³/mol. The Bertz CT molecular complexity index is 1270. The number of nitrogens with one attached hydrogen (secondary N) is 1. The van der Waals surface area contributed by atoms with E-state index in [1.165, 1.54) is 5.56 Å². The molecule has 154 valence electrons. The molecule has 0 fully saturated rings. The number of carbonyl (C=O) groups is 1. The summed E-state index contributed by atoms with van der Waals surface area (Å²) >= 11 is 0. The number of hydrogen-bond acceptors (Lipinski definition) is 4. The Morgan fingerprint density at radius 1 is 1.07 bits per heavy atom. The molecule has 7 heteroatoms. The van der Waals surface area contributed by atoms with Crippen molar-refractivity contribution in [2.24, 2.45) is 0 Å². The standard InChI is InChI=1S/C23H25N5O2/c1-15(2)24-21(29)13-12-20-25-26-23-27(14-17-10-8-16(3)9-11-17)22(30)18-6-4-5-7-19(18)28(20)23/h4-11,15H,12-14H2,1-3H3,(H,24,29). The van der Waals surface area contributed by atoms with Gasteiger partial charge in [0, 0.05) is 18.9 Å². The first-order chi connectivity index (χ1) is 14.4. The Kier molecular flexibility index (Phi) is 5.35. The summed E-state index contributed by atoms with van der Waals surface area (Å²) < 4.78 is 3.55. The van der Waals surface area contributed by atoms with E-state index in [0.29, 0.717) is 36.4 Å². The molecule has 0 saturated heterocycles. The van der Waals surface area contributed by atoms with Gasteiger partial charge in [-0.25, -0.2) is 0 Å². The minimum atomic E-state index is -0.102. The van der Waals surface area contributed by atoms with Crippen LogP contribution in [0.1, 0.15) is 37.2 Å². The van der Waals surface area contributed by atoms with Gasteiger partial charge in [-0.3, -0.25) is 18.6 Å². The highest BCUT2D eigenvalue weighted by atomic mass is 16.1. The summed E-state index contributed by atoms with van der Waals surface area (Å²) in [7, 11) is 0. The van der Waals surface area contributed by atoms with E-state index < -0.39 is 0 Å². The SMILES string of the molecule is Cc1ccc(Cn2c(=O)c3ccccc3n3c(CCC(=O)NC(C)C)nnc23)cc1. The third-order valence-electron chi connectivity index (χ3n) is 5.06. The highest BCUT2D eigenvalue weighted by molar-refractivity contribution is 5.80. The molecular formula is C23H25N5O2. The largest absolute Gasteiger partial charge is 0.354 e. The van der Waals surface area contributed by atoms with Gasteiger partial charge in [0.2, 0.25) is 11.7 Å². The maximum Gasteiger partial charge on any atom is 0.263 e. The normalized spacial score (nSPS) is 11.5. The van der Waals surface area contributed by atoms with Crippen molar-refractivity contribution in [3.05, 3.63) is 75.8 Å². The molecule has 4 rings (SSSR count). The van der Waals surface area contributed by atoms with Gasteiger partial charge in [0.15, 0.2) is 0 Å². The topological polar surface area (TPSA) is 81.3 Å². The molecule has 2 heterocycles. The minimum Gasteiger partial charge on any atom is -0.354 e. The molecule has 0 aliphatic carbocycles. The number of benzene rings is 2. The van der Waals surface area contributed by atoms with E-state index in [2.05, 4.69) is 15.5 Å². The van der Waals surface area contributed by atoms with Crippen LogP contribution in [-0.2, 0) is 17.8 Å². The highest BCUT2D eigenvalue weighted by Crippen LogP contribution is 2.17. The predicted octanol–water partition coefficient (Wildman–Crippen LogP) is 2.86. The molecule has 7 nitrogen and oxygen atoms in total. The fourth-order valence-corrected chi connectivity index (χ4v) is 3.61. The van der Waals surface area contributed by atoms with Crippen LogP contribution in [0.3, 0.4) is 0 Å². The van der Waals surface area contributed by atoms with Crippen molar-refractivity contribution < 1.29 is 4.79 Å². The Balaban J connectivity index is 1.81. The Labute approximate surface area is 174 Å². The Hall–Kier alpha value is -3.48. The molecule has 4 aromatic rings. The summed E-state index contributed by atoms with van der Waals surface area (Å²) in [5.41, 5.74) is 2.83. The van der Waals surface area contributed by atoms with Gasteiger partial charge in [-0.05, 0) is 38.5 Å². The van der Waals surface area contributed by atoms with Gasteiger partial charge < -0.3 is 5.32 Å². The number of para-hydroxylation sites is 1. The number of rotatable bonds is 6. The first-order valence-corrected chi connectivity index (χ1v) is 10.1. The second-order valence-corrected chi connectivity index (χ2v) is 7.87. The second-order valence-electron chi connectivity index (χ2n) is 7.87. The molecule has 30 heavy (non-hydrogen) atoms. The van der Waals surface area contributed by atoms with Crippen LogP contribution in [0.2, 0.25) is 0 Å². The van der Waals surface area contributed by atoms with Crippen molar-refractivity contribution in [3.8, 4) is 0 Å². The molecule has 1 amide bonds. The molecule has 2 aromatic carbocycles. The zero-order valence-electron chi connectivity index (χ0n) is 17.4. The summed E-state index contributed by atoms with van der Waals surface area (Å²) in [5, 5.41) is 12.2. The lowest BCUT2D eigenvalue weighted by Gasteiger charge is -2.12. The van der Waals surface area contributed by atoms with Crippen LogP contribution in [0.25, 0.3) is 16.7 Å². The van der Waals surface area contributed by atoms with E-state index >= 15 is 0 Å². The molecule has 1 N–H and O–H groups in total. The first-order valence-electron chi connectivity index (χ1n) is 10.1. The number of nitrogens with zero attached hydrogens (tertiary/aromatic N) is 4. The van der Waals surface area contributed by atoms with Crippen LogP contribution >= 0.6 is 0 Å². The van der Waals surface area contributed by atoms with Crippen molar-refractivity contribution in [1.29, 1.82) is 0 Å². The van der Waals surface area contributed by atoms with Gasteiger partial charge in [0.25, 0.3) is 5.56 Å². The molecule has 0 aliphatic heterocycles. The fourth-order valence-electron chi connectivity index (χ4n) is 3.61. The maximum absolute atomic E-state index is 13.2. The van der Waals surface area contributed by atoms with Crippen molar-refractivity contribution in [1.82, 2.24) is 24.5 Å². The summed E-state index contributed by atoms with van der Waals surface area (Å²) in [6.45, 7) is 6.30. The molecule has 0 bridgehead atoms. The Morgan fingerprint density at radius 2 is 1.80 bits per heavy atom. The first kappa shape index (κ1) is 19.8. The Morgan fingerprint density at radius 3 is 2.53 bits per heavy atom. The number of hydrogen-bond donors (Lipinski definition) is 1. The summed E-state index contributed by atoms with van der Waals surface area (Å²) in [6.07, 6.45) is 0.747. The van der Waals surface area contributed by atoms with Crippen LogP contribution in [0.15, 0.2) is 53.3 Å². The van der Waals surface area contributed by atoms with Crippen LogP contribution in [0.5, 0.6) is 0 Å². The van der Waals surface area contributed by atoms with Crippen LogP contribution < -0.4 is 10.9 Å². The monoisotopic (exact) mass is 403 g/mol. The van der Waals surface area contributed by atoms with Crippen molar-refractivity contribution >= 4 is 22.6 Å². The fraction of sp³-hybridized carbons (Fsp3) is 0.304. The van der Waals surface area contributed by atoms with Gasteiger partial charge >= 0.3 is 0 Å².